The molecule has 5 heteroatoms. The Kier molecular flexibility index (Phi) is 3.19. The normalized spacial score (nSPS) is 12.5. The summed E-state index contributed by atoms with van der Waals surface area (Å²) in [6.07, 6.45) is 0. The van der Waals surface area contributed by atoms with Crippen LogP contribution < -0.4 is 0 Å². The van der Waals surface area contributed by atoms with Crippen LogP contribution in [0.1, 0.15) is 19.5 Å². The highest BCUT2D eigenvalue weighted by molar-refractivity contribution is 7.91. The van der Waals surface area contributed by atoms with Gasteiger partial charge in [0.15, 0.2) is 9.84 Å². The number of nitrogens with one attached hydrogen (secondary N) is 1. The van der Waals surface area contributed by atoms with Crippen LogP contribution in [-0.4, -0.2) is 18.7 Å². The van der Waals surface area contributed by atoms with E-state index in [-0.39, 0.29) is 11.0 Å². The standard InChI is InChI=1S/C12H14ClNO2S/c1-8(2)17(15,16)7-11-5-9-3-4-10(13)6-12(9)14-11/h3-6,8,14H,7H2,1-2H3. The zero-order valence-electron chi connectivity index (χ0n) is 9.70. The summed E-state index contributed by atoms with van der Waals surface area (Å²) in [7, 11) is -3.07. The minimum Gasteiger partial charge on any atom is -0.358 e. The summed E-state index contributed by atoms with van der Waals surface area (Å²) in [6.45, 7) is 3.38. The van der Waals surface area contributed by atoms with E-state index >= 15 is 0 Å². The van der Waals surface area contributed by atoms with Gasteiger partial charge in [-0.1, -0.05) is 17.7 Å². The van der Waals surface area contributed by atoms with Gasteiger partial charge in [0.1, 0.15) is 0 Å². The predicted molar refractivity (Wildman–Crippen MR) is 71.1 cm³/mol. The number of rotatable bonds is 3. The average molecular weight is 272 g/mol. The molecule has 0 radical (unpaired) electrons. The summed E-state index contributed by atoms with van der Waals surface area (Å²) in [4.78, 5) is 3.08. The van der Waals surface area contributed by atoms with Crippen molar-refractivity contribution in [3.8, 4) is 0 Å². The minimum absolute atomic E-state index is 0.0387. The lowest BCUT2D eigenvalue weighted by molar-refractivity contribution is 0.586. The molecule has 92 valence electrons. The van der Waals surface area contributed by atoms with Gasteiger partial charge in [-0.15, -0.1) is 0 Å². The Morgan fingerprint density at radius 2 is 2.00 bits per heavy atom. The fourth-order valence-electron chi connectivity index (χ4n) is 1.62. The van der Waals surface area contributed by atoms with Crippen molar-refractivity contribution in [2.24, 2.45) is 0 Å². The molecule has 1 N–H and O–H groups in total. The van der Waals surface area contributed by atoms with Gasteiger partial charge in [-0.3, -0.25) is 0 Å². The highest BCUT2D eigenvalue weighted by atomic mass is 35.5. The minimum atomic E-state index is -3.07. The molecule has 0 spiro atoms. The number of benzene rings is 1. The molecule has 0 saturated carbocycles. The Morgan fingerprint density at radius 1 is 1.29 bits per heavy atom. The van der Waals surface area contributed by atoms with Crippen molar-refractivity contribution in [1.82, 2.24) is 4.98 Å². The van der Waals surface area contributed by atoms with Gasteiger partial charge in [-0.05, 0) is 37.4 Å². The first-order chi connectivity index (χ1) is 7.88. The third-order valence-electron chi connectivity index (χ3n) is 2.72. The Morgan fingerprint density at radius 3 is 2.65 bits per heavy atom. The molecule has 2 rings (SSSR count). The fourth-order valence-corrected chi connectivity index (χ4v) is 2.71. The Hall–Kier alpha value is -1.00. The Bertz CT molecular complexity index is 644. The molecule has 0 unspecified atom stereocenters. The first kappa shape index (κ1) is 12.5. The SMILES string of the molecule is CC(C)S(=O)(=O)Cc1cc2ccc(Cl)cc2[nH]1. The molecule has 0 saturated heterocycles. The van der Waals surface area contributed by atoms with Crippen molar-refractivity contribution >= 4 is 32.3 Å². The van der Waals surface area contributed by atoms with Crippen LogP contribution in [0.2, 0.25) is 5.02 Å². The van der Waals surface area contributed by atoms with E-state index in [0.29, 0.717) is 10.7 Å². The molecule has 0 aliphatic rings. The van der Waals surface area contributed by atoms with Gasteiger partial charge in [0.05, 0.1) is 11.0 Å². The van der Waals surface area contributed by atoms with Crippen LogP contribution in [0, 0.1) is 0 Å². The molecule has 17 heavy (non-hydrogen) atoms. The second kappa shape index (κ2) is 4.35. The van der Waals surface area contributed by atoms with Crippen LogP contribution in [0.3, 0.4) is 0 Å². The largest absolute Gasteiger partial charge is 0.358 e. The monoisotopic (exact) mass is 271 g/mol. The van der Waals surface area contributed by atoms with Crippen LogP contribution in [-0.2, 0) is 15.6 Å². The summed E-state index contributed by atoms with van der Waals surface area (Å²) in [5.74, 6) is 0.0387. The van der Waals surface area contributed by atoms with Gasteiger partial charge < -0.3 is 4.98 Å². The summed E-state index contributed by atoms with van der Waals surface area (Å²) < 4.78 is 23.6. The second-order valence-electron chi connectivity index (χ2n) is 4.38. The molecule has 0 aliphatic heterocycles. The lowest BCUT2D eigenvalue weighted by atomic mass is 10.2. The van der Waals surface area contributed by atoms with E-state index in [1.807, 2.05) is 12.1 Å². The number of hydrogen-bond donors (Lipinski definition) is 1. The van der Waals surface area contributed by atoms with Crippen LogP contribution in [0.25, 0.3) is 10.9 Å². The lowest BCUT2D eigenvalue weighted by Crippen LogP contribution is -2.16. The number of H-pyrrole nitrogens is 1. The van der Waals surface area contributed by atoms with Crippen molar-refractivity contribution < 1.29 is 8.42 Å². The highest BCUT2D eigenvalue weighted by Crippen LogP contribution is 2.21. The van der Waals surface area contributed by atoms with Gasteiger partial charge >= 0.3 is 0 Å². The van der Waals surface area contributed by atoms with E-state index in [1.165, 1.54) is 0 Å². The van der Waals surface area contributed by atoms with Crippen LogP contribution >= 0.6 is 11.6 Å². The van der Waals surface area contributed by atoms with E-state index in [1.54, 1.807) is 26.0 Å². The molecule has 3 nitrogen and oxygen atoms in total. The second-order valence-corrected chi connectivity index (χ2v) is 7.38. The zero-order valence-corrected chi connectivity index (χ0v) is 11.3. The van der Waals surface area contributed by atoms with E-state index in [9.17, 15) is 8.42 Å². The van der Waals surface area contributed by atoms with E-state index < -0.39 is 9.84 Å². The number of fused-ring (bicyclic) bond motifs is 1. The number of aromatic amines is 1. The van der Waals surface area contributed by atoms with Gasteiger partial charge in [0.2, 0.25) is 0 Å². The van der Waals surface area contributed by atoms with E-state index in [2.05, 4.69) is 4.98 Å². The van der Waals surface area contributed by atoms with E-state index in [4.69, 9.17) is 11.6 Å². The topological polar surface area (TPSA) is 49.9 Å². The zero-order chi connectivity index (χ0) is 12.6. The number of sulfone groups is 1. The molecule has 0 aliphatic carbocycles. The van der Waals surface area contributed by atoms with Gasteiger partial charge in [-0.2, -0.15) is 0 Å². The van der Waals surface area contributed by atoms with Crippen molar-refractivity contribution in [2.45, 2.75) is 24.9 Å². The molecule has 1 aromatic heterocycles. The Labute approximate surface area is 106 Å². The van der Waals surface area contributed by atoms with Crippen molar-refractivity contribution in [3.05, 3.63) is 35.0 Å². The summed E-state index contributed by atoms with van der Waals surface area (Å²) >= 11 is 5.87. The van der Waals surface area contributed by atoms with Gasteiger partial charge in [0.25, 0.3) is 0 Å². The fraction of sp³-hybridized carbons (Fsp3) is 0.333. The first-order valence-corrected chi connectivity index (χ1v) is 7.46. The molecule has 0 fully saturated rings. The number of halogens is 1. The maximum Gasteiger partial charge on any atom is 0.158 e. The molecule has 1 aromatic carbocycles. The molecular weight excluding hydrogens is 258 g/mol. The first-order valence-electron chi connectivity index (χ1n) is 5.37. The number of aromatic nitrogens is 1. The molecule has 1 heterocycles. The predicted octanol–water partition coefficient (Wildman–Crippen LogP) is 3.14. The third kappa shape index (κ3) is 2.64. The Balaban J connectivity index is 2.38. The molecule has 0 atom stereocenters. The third-order valence-corrected chi connectivity index (χ3v) is 5.10. The molecular formula is C12H14ClNO2S. The van der Waals surface area contributed by atoms with Gasteiger partial charge in [-0.25, -0.2) is 8.42 Å². The summed E-state index contributed by atoms with van der Waals surface area (Å²) in [5.41, 5.74) is 1.57. The quantitative estimate of drug-likeness (QED) is 0.932. The van der Waals surface area contributed by atoms with Crippen LogP contribution in [0.15, 0.2) is 24.3 Å². The lowest BCUT2D eigenvalue weighted by Gasteiger charge is -2.05. The molecule has 2 aromatic rings. The maximum absolute atomic E-state index is 11.8. The summed E-state index contributed by atoms with van der Waals surface area (Å²) in [6, 6.07) is 7.31. The van der Waals surface area contributed by atoms with Crippen LogP contribution in [0.4, 0.5) is 0 Å². The van der Waals surface area contributed by atoms with Crippen molar-refractivity contribution in [1.29, 1.82) is 0 Å². The highest BCUT2D eigenvalue weighted by Gasteiger charge is 2.17. The summed E-state index contributed by atoms with van der Waals surface area (Å²) in [5, 5.41) is 1.25. The van der Waals surface area contributed by atoms with Gasteiger partial charge in [0, 0.05) is 16.2 Å². The molecule has 0 bridgehead atoms. The van der Waals surface area contributed by atoms with Crippen molar-refractivity contribution in [2.75, 3.05) is 0 Å². The average Bonchev–Trinajstić information content (AvgIpc) is 2.57. The number of hydrogen-bond acceptors (Lipinski definition) is 2. The molecule has 0 amide bonds. The van der Waals surface area contributed by atoms with E-state index in [0.717, 1.165) is 10.9 Å². The smallest absolute Gasteiger partial charge is 0.158 e. The van der Waals surface area contributed by atoms with Crippen LogP contribution in [0.5, 0.6) is 0 Å². The van der Waals surface area contributed by atoms with Crippen molar-refractivity contribution in [3.63, 3.8) is 0 Å². The maximum atomic E-state index is 11.8.